The lowest BCUT2D eigenvalue weighted by Crippen LogP contribution is -2.14. The Balaban J connectivity index is 1.85. The highest BCUT2D eigenvalue weighted by Gasteiger charge is 2.17. The topological polar surface area (TPSA) is 74.8 Å². The highest BCUT2D eigenvalue weighted by atomic mass is 32.2. The van der Waals surface area contributed by atoms with Crippen LogP contribution in [0.15, 0.2) is 53.4 Å². The number of anilines is 1. The molecule has 5 nitrogen and oxygen atoms in total. The minimum absolute atomic E-state index is 0.0518. The zero-order valence-corrected chi connectivity index (χ0v) is 14.0. The van der Waals surface area contributed by atoms with Crippen molar-refractivity contribution in [3.05, 3.63) is 65.6 Å². The van der Waals surface area contributed by atoms with E-state index >= 15 is 0 Å². The fraction of sp³-hybridized carbons (Fsp3) is 0.118. The van der Waals surface area contributed by atoms with Crippen LogP contribution in [0, 0.1) is 19.7 Å². The Kier molecular flexibility index (Phi) is 4.11. The summed E-state index contributed by atoms with van der Waals surface area (Å²) >= 11 is 0. The van der Waals surface area contributed by atoms with Gasteiger partial charge in [-0.3, -0.25) is 9.82 Å². The van der Waals surface area contributed by atoms with Gasteiger partial charge in [-0.25, -0.2) is 12.8 Å². The van der Waals surface area contributed by atoms with Crippen LogP contribution in [0.25, 0.3) is 11.3 Å². The van der Waals surface area contributed by atoms with E-state index in [1.54, 1.807) is 31.2 Å². The summed E-state index contributed by atoms with van der Waals surface area (Å²) < 4.78 is 40.5. The predicted molar refractivity (Wildman–Crippen MR) is 90.7 cm³/mol. The second kappa shape index (κ2) is 6.09. The molecule has 0 amide bonds. The summed E-state index contributed by atoms with van der Waals surface area (Å²) in [6, 6.07) is 12.4. The quantitative estimate of drug-likeness (QED) is 0.758. The number of halogens is 1. The van der Waals surface area contributed by atoms with Crippen molar-refractivity contribution in [2.24, 2.45) is 0 Å². The van der Waals surface area contributed by atoms with Gasteiger partial charge in [0.05, 0.1) is 10.6 Å². The molecule has 0 aliphatic carbocycles. The Bertz CT molecular complexity index is 979. The van der Waals surface area contributed by atoms with Crippen molar-refractivity contribution >= 4 is 15.7 Å². The standard InChI is InChI=1S/C17H16FN3O2S/c1-11-9-14(18)5-8-17(11)24(22,23)21-15-6-3-13(4-7-15)16-10-12(2)19-20-16/h3-10,21H,1-2H3,(H,19,20). The molecule has 24 heavy (non-hydrogen) atoms. The predicted octanol–water partition coefficient (Wildman–Crippen LogP) is 3.63. The first-order valence-corrected chi connectivity index (χ1v) is 8.75. The summed E-state index contributed by atoms with van der Waals surface area (Å²) in [4.78, 5) is 0.0518. The number of rotatable bonds is 4. The SMILES string of the molecule is Cc1cc(-c2ccc(NS(=O)(=O)c3ccc(F)cc3C)cc2)n[nH]1. The van der Waals surface area contributed by atoms with Gasteiger partial charge in [0.25, 0.3) is 10.0 Å². The van der Waals surface area contributed by atoms with Crippen molar-refractivity contribution in [3.8, 4) is 11.3 Å². The Morgan fingerprint density at radius 2 is 1.75 bits per heavy atom. The van der Waals surface area contributed by atoms with E-state index in [4.69, 9.17) is 0 Å². The van der Waals surface area contributed by atoms with Crippen molar-refractivity contribution in [1.29, 1.82) is 0 Å². The third-order valence-corrected chi connectivity index (χ3v) is 5.11. The lowest BCUT2D eigenvalue weighted by molar-refractivity contribution is 0.598. The molecule has 0 saturated heterocycles. The van der Waals surface area contributed by atoms with Crippen molar-refractivity contribution in [3.63, 3.8) is 0 Å². The van der Waals surface area contributed by atoms with Crippen LogP contribution in [-0.4, -0.2) is 18.6 Å². The number of aryl methyl sites for hydroxylation is 2. The van der Waals surface area contributed by atoms with E-state index in [1.165, 1.54) is 12.1 Å². The normalized spacial score (nSPS) is 11.5. The van der Waals surface area contributed by atoms with E-state index < -0.39 is 15.8 Å². The van der Waals surface area contributed by atoms with E-state index in [0.717, 1.165) is 23.0 Å². The molecule has 0 atom stereocenters. The number of nitrogens with zero attached hydrogens (tertiary/aromatic N) is 1. The maximum absolute atomic E-state index is 13.1. The molecule has 0 fully saturated rings. The number of aromatic amines is 1. The molecular formula is C17H16FN3O2S. The number of aromatic nitrogens is 2. The number of hydrogen-bond donors (Lipinski definition) is 2. The molecule has 1 heterocycles. The average molecular weight is 345 g/mol. The lowest BCUT2D eigenvalue weighted by atomic mass is 10.1. The van der Waals surface area contributed by atoms with Crippen LogP contribution in [0.1, 0.15) is 11.3 Å². The molecule has 0 bridgehead atoms. The average Bonchev–Trinajstić information content (AvgIpc) is 2.93. The Morgan fingerprint density at radius 3 is 2.33 bits per heavy atom. The van der Waals surface area contributed by atoms with Crippen LogP contribution in [0.5, 0.6) is 0 Å². The van der Waals surface area contributed by atoms with Crippen LogP contribution in [-0.2, 0) is 10.0 Å². The summed E-state index contributed by atoms with van der Waals surface area (Å²) in [6.07, 6.45) is 0. The number of H-pyrrole nitrogens is 1. The van der Waals surface area contributed by atoms with Gasteiger partial charge in [0, 0.05) is 16.9 Å². The van der Waals surface area contributed by atoms with Gasteiger partial charge in [0.1, 0.15) is 5.82 Å². The van der Waals surface area contributed by atoms with Crippen molar-refractivity contribution in [2.75, 3.05) is 4.72 Å². The number of benzene rings is 2. The number of nitrogens with one attached hydrogen (secondary N) is 2. The maximum atomic E-state index is 13.1. The van der Waals surface area contributed by atoms with Gasteiger partial charge in [0.2, 0.25) is 0 Å². The van der Waals surface area contributed by atoms with E-state index in [0.29, 0.717) is 11.3 Å². The van der Waals surface area contributed by atoms with E-state index in [9.17, 15) is 12.8 Å². The van der Waals surface area contributed by atoms with Crippen LogP contribution in [0.3, 0.4) is 0 Å². The maximum Gasteiger partial charge on any atom is 0.262 e. The molecule has 1 aromatic heterocycles. The first kappa shape index (κ1) is 16.2. The second-order valence-corrected chi connectivity index (χ2v) is 7.18. The Labute approximate surface area is 139 Å². The highest BCUT2D eigenvalue weighted by molar-refractivity contribution is 7.92. The fourth-order valence-corrected chi connectivity index (χ4v) is 3.69. The number of hydrogen-bond acceptors (Lipinski definition) is 3. The van der Waals surface area contributed by atoms with Crippen LogP contribution in [0.2, 0.25) is 0 Å². The van der Waals surface area contributed by atoms with Gasteiger partial charge < -0.3 is 0 Å². The monoisotopic (exact) mass is 345 g/mol. The van der Waals surface area contributed by atoms with E-state index in [-0.39, 0.29) is 4.90 Å². The molecule has 0 spiro atoms. The molecule has 3 aromatic rings. The van der Waals surface area contributed by atoms with Crippen molar-refractivity contribution < 1.29 is 12.8 Å². The molecule has 2 aromatic carbocycles. The fourth-order valence-electron chi connectivity index (χ4n) is 2.40. The summed E-state index contributed by atoms with van der Waals surface area (Å²) in [7, 11) is -3.77. The van der Waals surface area contributed by atoms with Gasteiger partial charge in [-0.1, -0.05) is 12.1 Å². The third kappa shape index (κ3) is 3.30. The third-order valence-electron chi connectivity index (χ3n) is 3.57. The molecule has 0 aliphatic heterocycles. The molecule has 3 rings (SSSR count). The molecule has 0 unspecified atom stereocenters. The summed E-state index contributed by atoms with van der Waals surface area (Å²) in [6.45, 7) is 3.46. The molecule has 124 valence electrons. The Hall–Kier alpha value is -2.67. The van der Waals surface area contributed by atoms with E-state index in [1.807, 2.05) is 13.0 Å². The number of sulfonamides is 1. The summed E-state index contributed by atoms with van der Waals surface area (Å²) in [5, 5.41) is 7.02. The highest BCUT2D eigenvalue weighted by Crippen LogP contribution is 2.23. The van der Waals surface area contributed by atoms with Crippen LogP contribution in [0.4, 0.5) is 10.1 Å². The van der Waals surface area contributed by atoms with Gasteiger partial charge in [-0.05, 0) is 55.8 Å². The Morgan fingerprint density at radius 1 is 1.04 bits per heavy atom. The molecular weight excluding hydrogens is 329 g/mol. The van der Waals surface area contributed by atoms with Crippen LogP contribution < -0.4 is 4.72 Å². The molecule has 0 saturated carbocycles. The largest absolute Gasteiger partial charge is 0.282 e. The van der Waals surface area contributed by atoms with Gasteiger partial charge >= 0.3 is 0 Å². The molecule has 0 radical (unpaired) electrons. The van der Waals surface area contributed by atoms with Gasteiger partial charge in [0.15, 0.2) is 0 Å². The summed E-state index contributed by atoms with van der Waals surface area (Å²) in [5.74, 6) is -0.468. The van der Waals surface area contributed by atoms with Crippen molar-refractivity contribution in [1.82, 2.24) is 10.2 Å². The second-order valence-electron chi connectivity index (χ2n) is 5.53. The first-order chi connectivity index (χ1) is 11.3. The zero-order valence-electron chi connectivity index (χ0n) is 13.2. The molecule has 0 aliphatic rings. The minimum atomic E-state index is -3.77. The first-order valence-electron chi connectivity index (χ1n) is 7.26. The van der Waals surface area contributed by atoms with Crippen molar-refractivity contribution in [2.45, 2.75) is 18.7 Å². The molecule has 2 N–H and O–H groups in total. The van der Waals surface area contributed by atoms with E-state index in [2.05, 4.69) is 14.9 Å². The zero-order chi connectivity index (χ0) is 17.3. The lowest BCUT2D eigenvalue weighted by Gasteiger charge is -2.10. The summed E-state index contributed by atoms with van der Waals surface area (Å²) in [5.41, 5.74) is 3.39. The van der Waals surface area contributed by atoms with Gasteiger partial charge in [-0.2, -0.15) is 5.10 Å². The minimum Gasteiger partial charge on any atom is -0.282 e. The smallest absolute Gasteiger partial charge is 0.262 e. The van der Waals surface area contributed by atoms with Gasteiger partial charge in [-0.15, -0.1) is 0 Å². The van der Waals surface area contributed by atoms with Crippen LogP contribution >= 0.6 is 0 Å². The molecule has 7 heteroatoms.